The van der Waals surface area contributed by atoms with Crippen molar-refractivity contribution in [2.24, 2.45) is 34.0 Å². The number of hydrogen-bond acceptors (Lipinski definition) is 8. The van der Waals surface area contributed by atoms with Gasteiger partial charge >= 0.3 is 0 Å². The first-order chi connectivity index (χ1) is 23.8. The van der Waals surface area contributed by atoms with E-state index in [0.717, 1.165) is 36.1 Å². The number of carbonyl (C=O) groups excluding carboxylic acids is 1. The van der Waals surface area contributed by atoms with E-state index in [1.165, 1.54) is 6.42 Å². The number of likely N-dealkylation sites (N-methyl/N-ethyl adjacent to an activating group) is 1. The van der Waals surface area contributed by atoms with Crippen LogP contribution in [0.2, 0.25) is 0 Å². The zero-order valence-electron chi connectivity index (χ0n) is 32.5. The molecule has 9 heteroatoms. The quantitative estimate of drug-likeness (QED) is 0.215. The molecule has 2 aromatic carbocycles. The number of fused-ring (bicyclic) bond motifs is 2. The minimum absolute atomic E-state index is 0.0918. The first-order valence-corrected chi connectivity index (χ1v) is 19.2. The smallest absolute Gasteiger partial charge is 0.240 e. The van der Waals surface area contributed by atoms with Crippen molar-refractivity contribution < 1.29 is 25.0 Å². The molecule has 9 nitrogen and oxygen atoms in total. The van der Waals surface area contributed by atoms with E-state index in [0.29, 0.717) is 49.2 Å². The van der Waals surface area contributed by atoms with Crippen molar-refractivity contribution in [3.05, 3.63) is 65.2 Å². The van der Waals surface area contributed by atoms with Crippen molar-refractivity contribution in [2.75, 3.05) is 27.2 Å². The van der Waals surface area contributed by atoms with Crippen molar-refractivity contribution in [1.82, 2.24) is 20.2 Å². The highest BCUT2D eigenvalue weighted by molar-refractivity contribution is 5.84. The normalized spacial score (nSPS) is 33.4. The number of amides is 1. The van der Waals surface area contributed by atoms with Gasteiger partial charge in [-0.1, -0.05) is 77.9 Å². The first-order valence-electron chi connectivity index (χ1n) is 19.2. The topological polar surface area (TPSA) is 109 Å². The standard InChI is InChI=1S/C42H64N4O5/c1-27-34-18-31(40(34,5)6)19-35(27)43-38(49)37-42(26-41(42,7)50)36(25-47)51-46(37)23-29-13-10-12-28(16-29)21-45(22-30-14-11-15-33(48)17-30)32(24-44(8)9)20-39(2,3)4/h10-17,27,31-32,34-37,47-48,50H,18-26H2,1-9H3,(H,43,49)/t27-,31+,32-,34-,35-,36-,37+,41?,42+/m0/s1. The van der Waals surface area contributed by atoms with Gasteiger partial charge in [-0.25, -0.2) is 0 Å². The van der Waals surface area contributed by atoms with Crippen LogP contribution in [0.5, 0.6) is 5.75 Å². The van der Waals surface area contributed by atoms with Crippen LogP contribution in [0.4, 0.5) is 0 Å². The monoisotopic (exact) mass is 704 g/mol. The average molecular weight is 705 g/mol. The number of phenolic OH excluding ortho intramolecular Hbond substituents is 1. The molecule has 4 saturated carbocycles. The summed E-state index contributed by atoms with van der Waals surface area (Å²) in [6.07, 6.45) is 2.96. The molecule has 0 radical (unpaired) electrons. The predicted molar refractivity (Wildman–Crippen MR) is 200 cm³/mol. The Balaban J connectivity index is 1.24. The number of aliphatic hydroxyl groups is 2. The van der Waals surface area contributed by atoms with E-state index in [1.54, 1.807) is 18.1 Å². The fourth-order valence-electron chi connectivity index (χ4n) is 10.3. The van der Waals surface area contributed by atoms with Gasteiger partial charge in [-0.2, -0.15) is 5.06 Å². The number of rotatable bonds is 13. The summed E-state index contributed by atoms with van der Waals surface area (Å²) >= 11 is 0. The SMILES string of the molecule is C[C@@H]1[C@@H](NC(=O)[C@H]2N(Cc3cccc(CN(Cc4cccc(O)c4)[C@H](CN(C)C)CC(C)(C)C)c3)O[C@@H](CO)[C@]23CC3(C)O)C[C@H]2C[C@@H]1C2(C)C. The lowest BCUT2D eigenvalue weighted by molar-refractivity contribution is -0.183. The predicted octanol–water partition coefficient (Wildman–Crippen LogP) is 5.57. The highest BCUT2D eigenvalue weighted by Crippen LogP contribution is 2.66. The largest absolute Gasteiger partial charge is 0.508 e. The molecule has 1 unspecified atom stereocenters. The van der Waals surface area contributed by atoms with Gasteiger partial charge in [0.25, 0.3) is 0 Å². The molecule has 1 saturated heterocycles. The summed E-state index contributed by atoms with van der Waals surface area (Å²) in [6, 6.07) is 15.7. The third kappa shape index (κ3) is 7.62. The maximum atomic E-state index is 14.4. The van der Waals surface area contributed by atoms with E-state index < -0.39 is 23.2 Å². The van der Waals surface area contributed by atoms with Crippen molar-refractivity contribution in [3.63, 3.8) is 0 Å². The van der Waals surface area contributed by atoms with Gasteiger partial charge in [0.2, 0.25) is 5.91 Å². The Kier molecular flexibility index (Phi) is 10.5. The van der Waals surface area contributed by atoms with E-state index >= 15 is 0 Å². The molecule has 1 amide bonds. The van der Waals surface area contributed by atoms with Gasteiger partial charge in [0.1, 0.15) is 17.9 Å². The van der Waals surface area contributed by atoms with Crippen LogP contribution in [0.25, 0.3) is 0 Å². The Morgan fingerprint density at radius 2 is 1.67 bits per heavy atom. The van der Waals surface area contributed by atoms with Gasteiger partial charge in [0.05, 0.1) is 24.2 Å². The molecule has 2 bridgehead atoms. The van der Waals surface area contributed by atoms with Gasteiger partial charge in [-0.15, -0.1) is 0 Å². The molecule has 51 heavy (non-hydrogen) atoms. The summed E-state index contributed by atoms with van der Waals surface area (Å²) in [7, 11) is 4.24. The molecule has 5 fully saturated rings. The van der Waals surface area contributed by atoms with Crippen LogP contribution in [-0.4, -0.2) is 93.2 Å². The zero-order valence-corrected chi connectivity index (χ0v) is 32.5. The molecule has 2 aromatic rings. The second kappa shape index (κ2) is 14.0. The van der Waals surface area contributed by atoms with Crippen molar-refractivity contribution in [1.29, 1.82) is 0 Å². The number of nitrogens with zero attached hydrogens (tertiary/aromatic N) is 3. The second-order valence-corrected chi connectivity index (χ2v) is 18.9. The number of aromatic hydroxyl groups is 1. The number of carbonyl (C=O) groups is 1. The minimum atomic E-state index is -1.11. The number of hydrogen-bond donors (Lipinski definition) is 4. The summed E-state index contributed by atoms with van der Waals surface area (Å²) in [5.41, 5.74) is 1.68. The van der Waals surface area contributed by atoms with Crippen LogP contribution in [0.3, 0.4) is 0 Å². The third-order valence-electron chi connectivity index (χ3n) is 13.2. The lowest BCUT2D eigenvalue weighted by Crippen LogP contribution is -2.62. The molecule has 282 valence electrons. The third-order valence-corrected chi connectivity index (χ3v) is 13.2. The van der Waals surface area contributed by atoms with Crippen molar-refractivity contribution >= 4 is 5.91 Å². The summed E-state index contributed by atoms with van der Waals surface area (Å²) in [5.74, 6) is 1.74. The first kappa shape index (κ1) is 38.2. The summed E-state index contributed by atoms with van der Waals surface area (Å²) in [4.78, 5) is 25.5. The molecule has 4 N–H and O–H groups in total. The molecule has 1 heterocycles. The molecular formula is C42H64N4O5. The van der Waals surface area contributed by atoms with E-state index in [9.17, 15) is 20.1 Å². The summed E-state index contributed by atoms with van der Waals surface area (Å²) in [6.45, 7) is 18.0. The average Bonchev–Trinajstić information content (AvgIpc) is 3.45. The Hall–Kier alpha value is -2.53. The molecule has 1 aliphatic heterocycles. The fourth-order valence-corrected chi connectivity index (χ4v) is 10.3. The van der Waals surface area contributed by atoms with Gasteiger partial charge < -0.3 is 25.5 Å². The maximum Gasteiger partial charge on any atom is 0.240 e. The van der Waals surface area contributed by atoms with Crippen LogP contribution in [0.1, 0.15) is 90.8 Å². The van der Waals surface area contributed by atoms with E-state index in [1.807, 2.05) is 12.1 Å². The number of phenols is 1. The maximum absolute atomic E-state index is 14.4. The Morgan fingerprint density at radius 3 is 2.22 bits per heavy atom. The number of aliphatic hydroxyl groups excluding tert-OH is 1. The fraction of sp³-hybridized carbons (Fsp3) is 0.690. The molecule has 7 rings (SSSR count). The lowest BCUT2D eigenvalue weighted by atomic mass is 9.45. The van der Waals surface area contributed by atoms with E-state index in [4.69, 9.17) is 4.84 Å². The van der Waals surface area contributed by atoms with Gasteiger partial charge in [-0.3, -0.25) is 14.5 Å². The van der Waals surface area contributed by atoms with Gasteiger partial charge in [0, 0.05) is 31.7 Å². The number of hydroxylamine groups is 2. The second-order valence-electron chi connectivity index (χ2n) is 18.9. The van der Waals surface area contributed by atoms with Crippen LogP contribution in [-0.2, 0) is 29.3 Å². The Bertz CT molecular complexity index is 1550. The van der Waals surface area contributed by atoms with Crippen LogP contribution in [0, 0.1) is 34.0 Å². The molecule has 1 spiro atoms. The van der Waals surface area contributed by atoms with Crippen LogP contribution >= 0.6 is 0 Å². The van der Waals surface area contributed by atoms with E-state index in [-0.39, 0.29) is 35.8 Å². The van der Waals surface area contributed by atoms with Crippen LogP contribution in [0.15, 0.2) is 48.5 Å². The van der Waals surface area contributed by atoms with E-state index in [2.05, 4.69) is 101 Å². The van der Waals surface area contributed by atoms with Crippen LogP contribution < -0.4 is 5.32 Å². The summed E-state index contributed by atoms with van der Waals surface area (Å²) in [5, 5.41) is 37.3. The zero-order chi connectivity index (χ0) is 37.1. The lowest BCUT2D eigenvalue weighted by Gasteiger charge is -2.62. The van der Waals surface area contributed by atoms with Gasteiger partial charge in [-0.05, 0) is 104 Å². The molecule has 4 aliphatic carbocycles. The molecule has 9 atom stereocenters. The molecule has 5 aliphatic rings. The number of nitrogens with one attached hydrogen (secondary N) is 1. The Morgan fingerprint density at radius 1 is 1.04 bits per heavy atom. The molecule has 0 aromatic heterocycles. The van der Waals surface area contributed by atoms with Gasteiger partial charge in [0.15, 0.2) is 0 Å². The van der Waals surface area contributed by atoms with Crippen molar-refractivity contribution in [3.8, 4) is 5.75 Å². The highest BCUT2D eigenvalue weighted by Gasteiger charge is 2.78. The highest BCUT2D eigenvalue weighted by atomic mass is 16.7. The summed E-state index contributed by atoms with van der Waals surface area (Å²) < 4.78 is 0. The van der Waals surface area contributed by atoms with Crippen molar-refractivity contribution in [2.45, 2.75) is 124 Å². The number of benzene rings is 2. The molecular weight excluding hydrogens is 640 g/mol. The Labute approximate surface area is 306 Å². The minimum Gasteiger partial charge on any atom is -0.508 e.